The number of amides is 5. The maximum Gasteiger partial charge on any atom is 0.253 e. The summed E-state index contributed by atoms with van der Waals surface area (Å²) >= 11 is 0. The molecule has 1 aromatic heterocycles. The van der Waals surface area contributed by atoms with Gasteiger partial charge >= 0.3 is 0 Å². The van der Waals surface area contributed by atoms with Crippen LogP contribution in [0.15, 0.2) is 71.7 Å². The standard InChI is InChI=1S/C41H52N6O8/c1-25(2)18-31-24-55-33-15-10-28(11-16-33)20-35(44-38(50)30-12-17-37(49)46(4)22-30)40(52)45-34(19-27-8-13-32(54-5)14-9-27)39(51)42-26(3)41(53)47(21-29-6-7-29)23-36(48)43-31/h8-17,22,25-26,29,31,34-35H,6-7,18-21,23-24H2,1-5H3,(H,42,51)(H,43,48)(H,44,50)(H,45,52)/t26-,31+,34+,35+/m1/s1. The minimum atomic E-state index is -1.16. The Morgan fingerprint density at radius 2 is 1.64 bits per heavy atom. The van der Waals surface area contributed by atoms with Crippen LogP contribution >= 0.6 is 0 Å². The van der Waals surface area contributed by atoms with E-state index in [0.717, 1.165) is 12.8 Å². The summed E-state index contributed by atoms with van der Waals surface area (Å²) in [6, 6.07) is 13.1. The van der Waals surface area contributed by atoms with Crippen LogP contribution in [0.4, 0.5) is 0 Å². The molecule has 0 unspecified atom stereocenters. The fourth-order valence-corrected chi connectivity index (χ4v) is 6.49. The molecule has 0 saturated heterocycles. The summed E-state index contributed by atoms with van der Waals surface area (Å²) in [7, 11) is 3.06. The third kappa shape index (κ3) is 11.9. The maximum absolute atomic E-state index is 14.2. The molecule has 55 heavy (non-hydrogen) atoms. The van der Waals surface area contributed by atoms with Crippen molar-refractivity contribution in [2.24, 2.45) is 18.9 Å². The number of carbonyl (C=O) groups excluding carboxylic acids is 5. The number of nitrogens with zero attached hydrogens (tertiary/aromatic N) is 2. The zero-order chi connectivity index (χ0) is 39.6. The molecule has 3 aromatic rings. The van der Waals surface area contributed by atoms with Crippen molar-refractivity contribution in [3.8, 4) is 11.5 Å². The molecule has 1 saturated carbocycles. The summed E-state index contributed by atoms with van der Waals surface area (Å²) in [5, 5.41) is 11.5. The van der Waals surface area contributed by atoms with Gasteiger partial charge in [0.2, 0.25) is 29.2 Å². The van der Waals surface area contributed by atoms with E-state index >= 15 is 0 Å². The molecule has 2 aliphatic heterocycles. The van der Waals surface area contributed by atoms with E-state index in [1.165, 1.54) is 34.8 Å². The van der Waals surface area contributed by atoms with Crippen molar-refractivity contribution in [1.82, 2.24) is 30.7 Å². The summed E-state index contributed by atoms with van der Waals surface area (Å²) in [6.45, 7) is 6.07. The lowest BCUT2D eigenvalue weighted by molar-refractivity contribution is -0.140. The highest BCUT2D eigenvalue weighted by molar-refractivity contribution is 5.99. The minimum Gasteiger partial charge on any atom is -0.497 e. The Balaban J connectivity index is 1.48. The predicted molar refractivity (Wildman–Crippen MR) is 206 cm³/mol. The summed E-state index contributed by atoms with van der Waals surface area (Å²) in [4.78, 5) is 82.5. The van der Waals surface area contributed by atoms with Crippen molar-refractivity contribution in [1.29, 1.82) is 0 Å². The van der Waals surface area contributed by atoms with Gasteiger partial charge in [-0.05, 0) is 79.5 Å². The van der Waals surface area contributed by atoms with Gasteiger partial charge in [0.05, 0.1) is 25.3 Å². The third-order valence-corrected chi connectivity index (χ3v) is 9.69. The molecule has 1 fully saturated rings. The molecule has 294 valence electrons. The van der Waals surface area contributed by atoms with Crippen LogP contribution in [0.1, 0.15) is 61.5 Å². The van der Waals surface area contributed by atoms with Gasteiger partial charge in [0, 0.05) is 38.7 Å². The highest BCUT2D eigenvalue weighted by atomic mass is 16.5. The molecule has 0 radical (unpaired) electrons. The number of carbonyl (C=O) groups is 5. The van der Waals surface area contributed by atoms with Gasteiger partial charge in [-0.15, -0.1) is 0 Å². The Kier molecular flexibility index (Phi) is 13.7. The number of rotatable bonds is 9. The molecular weight excluding hydrogens is 704 g/mol. The first-order valence-corrected chi connectivity index (χ1v) is 18.8. The molecule has 4 atom stereocenters. The van der Waals surface area contributed by atoms with Crippen LogP contribution in [0.2, 0.25) is 0 Å². The van der Waals surface area contributed by atoms with Crippen LogP contribution in [-0.2, 0) is 39.1 Å². The van der Waals surface area contributed by atoms with E-state index in [0.29, 0.717) is 35.6 Å². The van der Waals surface area contributed by atoms with Crippen molar-refractivity contribution < 1.29 is 33.4 Å². The predicted octanol–water partition coefficient (Wildman–Crippen LogP) is 2.13. The largest absolute Gasteiger partial charge is 0.497 e. The molecule has 2 bridgehead atoms. The van der Waals surface area contributed by atoms with Crippen LogP contribution < -0.4 is 36.3 Å². The second-order valence-electron chi connectivity index (χ2n) is 15.0. The van der Waals surface area contributed by atoms with Crippen LogP contribution in [0.3, 0.4) is 0 Å². The summed E-state index contributed by atoms with van der Waals surface area (Å²) in [6.07, 6.45) is 4.04. The van der Waals surface area contributed by atoms with E-state index in [1.54, 1.807) is 62.6 Å². The van der Waals surface area contributed by atoms with Crippen molar-refractivity contribution >= 4 is 29.5 Å². The van der Waals surface area contributed by atoms with Crippen LogP contribution in [-0.4, -0.2) is 90.0 Å². The average molecular weight is 757 g/mol. The fraction of sp³-hybridized carbons (Fsp3) is 0.463. The Bertz CT molecular complexity index is 1890. The topological polar surface area (TPSA) is 177 Å². The number of hydrogen-bond donors (Lipinski definition) is 4. The van der Waals surface area contributed by atoms with Gasteiger partial charge in [-0.25, -0.2) is 0 Å². The van der Waals surface area contributed by atoms with Crippen molar-refractivity contribution in [3.63, 3.8) is 0 Å². The lowest BCUT2D eigenvalue weighted by atomic mass is 10.0. The second-order valence-corrected chi connectivity index (χ2v) is 15.0. The second kappa shape index (κ2) is 18.6. The summed E-state index contributed by atoms with van der Waals surface area (Å²) in [5.41, 5.74) is 1.27. The number of nitrogens with one attached hydrogen (secondary N) is 4. The lowest BCUT2D eigenvalue weighted by Gasteiger charge is -2.29. The highest BCUT2D eigenvalue weighted by Crippen LogP contribution is 2.30. The molecule has 2 aromatic carbocycles. The van der Waals surface area contributed by atoms with Gasteiger partial charge in [-0.3, -0.25) is 28.8 Å². The van der Waals surface area contributed by atoms with Crippen molar-refractivity contribution in [2.45, 2.75) is 77.0 Å². The van der Waals surface area contributed by atoms with E-state index in [-0.39, 0.29) is 60.9 Å². The smallest absolute Gasteiger partial charge is 0.253 e. The van der Waals surface area contributed by atoms with Crippen molar-refractivity contribution in [2.75, 3.05) is 26.8 Å². The molecule has 6 rings (SSSR count). The van der Waals surface area contributed by atoms with Gasteiger partial charge in [0.25, 0.3) is 5.91 Å². The fourth-order valence-electron chi connectivity index (χ4n) is 6.49. The molecule has 5 amide bonds. The van der Waals surface area contributed by atoms with Gasteiger partial charge in [0.15, 0.2) is 0 Å². The quantitative estimate of drug-likeness (QED) is 0.240. The first kappa shape index (κ1) is 40.5. The zero-order valence-electron chi connectivity index (χ0n) is 32.1. The van der Waals surface area contributed by atoms with Gasteiger partial charge in [-0.1, -0.05) is 38.1 Å². The molecule has 14 nitrogen and oxygen atoms in total. The number of benzene rings is 2. The van der Waals surface area contributed by atoms with Gasteiger partial charge < -0.3 is 40.2 Å². The Morgan fingerprint density at radius 3 is 2.27 bits per heavy atom. The zero-order valence-corrected chi connectivity index (χ0v) is 32.1. The van der Waals surface area contributed by atoms with E-state index in [1.807, 2.05) is 0 Å². The van der Waals surface area contributed by atoms with Crippen LogP contribution in [0, 0.1) is 11.8 Å². The first-order chi connectivity index (χ1) is 26.3. The first-order valence-electron chi connectivity index (χ1n) is 18.8. The molecule has 3 heterocycles. The summed E-state index contributed by atoms with van der Waals surface area (Å²) in [5.74, 6) is -0.882. The summed E-state index contributed by atoms with van der Waals surface area (Å²) < 4.78 is 12.7. The SMILES string of the molecule is COc1ccc(C[C@@H]2NC(=O)[C@@H](NC(=O)c3ccc(=O)n(C)c3)Cc3ccc(cc3)OC[C@H](CC(C)C)NC(=O)CN(CC3CC3)C(=O)[C@@H](C)NC2=O)cc1. The number of aryl methyl sites for hydroxylation is 1. The third-order valence-electron chi connectivity index (χ3n) is 9.69. The number of hydrogen-bond acceptors (Lipinski definition) is 8. The van der Waals surface area contributed by atoms with Crippen molar-refractivity contribution in [3.05, 3.63) is 93.9 Å². The van der Waals surface area contributed by atoms with Crippen LogP contribution in [0.25, 0.3) is 0 Å². The number of aromatic nitrogens is 1. The minimum absolute atomic E-state index is 0.0531. The van der Waals surface area contributed by atoms with E-state index in [2.05, 4.69) is 35.1 Å². The van der Waals surface area contributed by atoms with Crippen LogP contribution in [0.5, 0.6) is 11.5 Å². The monoisotopic (exact) mass is 756 g/mol. The Hall–Kier alpha value is -5.66. The number of ether oxygens (including phenoxy) is 2. The molecule has 3 aliphatic rings. The average Bonchev–Trinajstić information content (AvgIpc) is 3.98. The van der Waals surface area contributed by atoms with Gasteiger partial charge in [-0.2, -0.15) is 0 Å². The Labute approximate surface area is 321 Å². The number of pyridine rings is 1. The molecule has 0 spiro atoms. The maximum atomic E-state index is 14.2. The van der Waals surface area contributed by atoms with Gasteiger partial charge in [0.1, 0.15) is 36.2 Å². The molecule has 4 N–H and O–H groups in total. The Morgan fingerprint density at radius 1 is 0.927 bits per heavy atom. The highest BCUT2D eigenvalue weighted by Gasteiger charge is 2.34. The molecule has 14 heteroatoms. The lowest BCUT2D eigenvalue weighted by Crippen LogP contribution is -2.58. The molecular formula is C41H52N6O8. The molecule has 1 aliphatic carbocycles. The van der Waals surface area contributed by atoms with E-state index in [9.17, 15) is 28.8 Å². The van der Waals surface area contributed by atoms with E-state index in [4.69, 9.17) is 9.47 Å². The van der Waals surface area contributed by atoms with E-state index < -0.39 is 41.8 Å². The normalized spacial score (nSPS) is 21.6. The number of methoxy groups -OCH3 is 1. The number of fused-ring (bicyclic) bond motifs is 17.